The minimum absolute atomic E-state index is 0.157. The standard InChI is InChI=1S/C22H26N2O/c1-15-12-19(23(2)3)8-9-20(15)22(25)18-13-16-6-4-10-24-11-5-7-17(14-18)21(16)24/h8-9,12-14H,4-7,10-11H2,1-3H3. The van der Waals surface area contributed by atoms with E-state index in [0.717, 1.165) is 35.2 Å². The van der Waals surface area contributed by atoms with Crippen molar-refractivity contribution < 1.29 is 4.79 Å². The van der Waals surface area contributed by atoms with Gasteiger partial charge in [0.1, 0.15) is 0 Å². The number of hydrogen-bond donors (Lipinski definition) is 0. The highest BCUT2D eigenvalue weighted by atomic mass is 16.1. The third-order valence-electron chi connectivity index (χ3n) is 5.57. The molecule has 0 unspecified atom stereocenters. The van der Waals surface area contributed by atoms with Gasteiger partial charge in [0.05, 0.1) is 0 Å². The van der Waals surface area contributed by atoms with Crippen molar-refractivity contribution in [1.29, 1.82) is 0 Å². The van der Waals surface area contributed by atoms with Gasteiger partial charge in [-0.2, -0.15) is 0 Å². The maximum Gasteiger partial charge on any atom is 0.193 e. The van der Waals surface area contributed by atoms with Gasteiger partial charge in [0.15, 0.2) is 5.78 Å². The van der Waals surface area contributed by atoms with E-state index in [0.29, 0.717) is 0 Å². The predicted molar refractivity (Wildman–Crippen MR) is 104 cm³/mol. The number of carbonyl (C=O) groups is 1. The minimum Gasteiger partial charge on any atom is -0.378 e. The molecule has 0 aliphatic carbocycles. The van der Waals surface area contributed by atoms with Crippen LogP contribution in [-0.2, 0) is 12.8 Å². The van der Waals surface area contributed by atoms with E-state index >= 15 is 0 Å². The molecule has 3 nitrogen and oxygen atoms in total. The number of benzene rings is 2. The van der Waals surface area contributed by atoms with Crippen molar-refractivity contribution in [2.45, 2.75) is 32.6 Å². The summed E-state index contributed by atoms with van der Waals surface area (Å²) in [6.45, 7) is 4.36. The molecule has 0 aromatic heterocycles. The highest BCUT2D eigenvalue weighted by Gasteiger charge is 2.25. The monoisotopic (exact) mass is 334 g/mol. The van der Waals surface area contributed by atoms with E-state index in [9.17, 15) is 4.79 Å². The molecule has 3 heteroatoms. The average molecular weight is 334 g/mol. The van der Waals surface area contributed by atoms with Crippen LogP contribution in [-0.4, -0.2) is 33.0 Å². The zero-order valence-electron chi connectivity index (χ0n) is 15.4. The highest BCUT2D eigenvalue weighted by Crippen LogP contribution is 2.36. The Kier molecular flexibility index (Phi) is 4.03. The second-order valence-electron chi connectivity index (χ2n) is 7.56. The van der Waals surface area contributed by atoms with E-state index in [2.05, 4.69) is 28.0 Å². The first kappa shape index (κ1) is 16.2. The van der Waals surface area contributed by atoms with Crippen molar-refractivity contribution in [2.75, 3.05) is 37.0 Å². The first-order valence-electron chi connectivity index (χ1n) is 9.28. The van der Waals surface area contributed by atoms with Gasteiger partial charge in [-0.1, -0.05) is 0 Å². The molecule has 2 aromatic rings. The van der Waals surface area contributed by atoms with Gasteiger partial charge in [-0.15, -0.1) is 0 Å². The molecule has 130 valence electrons. The van der Waals surface area contributed by atoms with Crippen LogP contribution in [0.25, 0.3) is 0 Å². The van der Waals surface area contributed by atoms with Crippen LogP contribution >= 0.6 is 0 Å². The number of carbonyl (C=O) groups excluding carboxylic acids is 1. The van der Waals surface area contributed by atoms with E-state index in [1.807, 2.05) is 33.2 Å². The molecule has 4 rings (SSSR count). The predicted octanol–water partition coefficient (Wildman–Crippen LogP) is 3.99. The number of aryl methyl sites for hydroxylation is 3. The van der Waals surface area contributed by atoms with Crippen LogP contribution < -0.4 is 9.80 Å². The van der Waals surface area contributed by atoms with Gasteiger partial charge in [-0.3, -0.25) is 4.79 Å². The smallest absolute Gasteiger partial charge is 0.193 e. The molecule has 2 aliphatic heterocycles. The van der Waals surface area contributed by atoms with Gasteiger partial charge in [-0.05, 0) is 79.6 Å². The summed E-state index contributed by atoms with van der Waals surface area (Å²) in [5.74, 6) is 0.157. The van der Waals surface area contributed by atoms with E-state index in [1.54, 1.807) is 0 Å². The summed E-state index contributed by atoms with van der Waals surface area (Å²) in [6, 6.07) is 10.4. The van der Waals surface area contributed by atoms with Crippen LogP contribution in [0, 0.1) is 6.92 Å². The van der Waals surface area contributed by atoms with Gasteiger partial charge in [-0.25, -0.2) is 0 Å². The van der Waals surface area contributed by atoms with Crippen molar-refractivity contribution in [3.63, 3.8) is 0 Å². The second kappa shape index (κ2) is 6.21. The normalized spacial score (nSPS) is 15.7. The maximum absolute atomic E-state index is 13.2. The fraction of sp³-hybridized carbons (Fsp3) is 0.409. The zero-order chi connectivity index (χ0) is 17.6. The molecule has 0 spiro atoms. The number of hydrogen-bond acceptors (Lipinski definition) is 3. The lowest BCUT2D eigenvalue weighted by atomic mass is 9.87. The molecule has 0 bridgehead atoms. The van der Waals surface area contributed by atoms with E-state index in [4.69, 9.17) is 0 Å². The zero-order valence-corrected chi connectivity index (χ0v) is 15.4. The summed E-state index contributed by atoms with van der Waals surface area (Å²) >= 11 is 0. The van der Waals surface area contributed by atoms with Crippen molar-refractivity contribution >= 4 is 17.2 Å². The molecular formula is C22H26N2O. The van der Waals surface area contributed by atoms with Crippen molar-refractivity contribution in [1.82, 2.24) is 0 Å². The van der Waals surface area contributed by atoms with Crippen molar-refractivity contribution in [3.05, 3.63) is 58.1 Å². The first-order valence-corrected chi connectivity index (χ1v) is 9.28. The Morgan fingerprint density at radius 3 is 2.20 bits per heavy atom. The number of rotatable bonds is 3. The summed E-state index contributed by atoms with van der Waals surface area (Å²) in [7, 11) is 4.05. The third-order valence-corrected chi connectivity index (χ3v) is 5.57. The van der Waals surface area contributed by atoms with Crippen LogP contribution in [0.5, 0.6) is 0 Å². The molecule has 0 saturated heterocycles. The summed E-state index contributed by atoms with van der Waals surface area (Å²) in [6.07, 6.45) is 4.58. The van der Waals surface area contributed by atoms with Crippen LogP contribution in [0.15, 0.2) is 30.3 Å². The third kappa shape index (κ3) is 2.82. The molecule has 0 saturated carbocycles. The van der Waals surface area contributed by atoms with Crippen molar-refractivity contribution in [3.8, 4) is 0 Å². The number of ketones is 1. The lowest BCUT2D eigenvalue weighted by Gasteiger charge is -2.37. The van der Waals surface area contributed by atoms with Gasteiger partial charge < -0.3 is 9.80 Å². The van der Waals surface area contributed by atoms with Crippen molar-refractivity contribution in [2.24, 2.45) is 0 Å². The molecule has 2 aliphatic rings. The SMILES string of the molecule is Cc1cc(N(C)C)ccc1C(=O)c1cc2c3c(c1)CCCN3CCC2. The molecule has 0 radical (unpaired) electrons. The fourth-order valence-electron chi connectivity index (χ4n) is 4.27. The minimum atomic E-state index is 0.157. The fourth-order valence-corrected chi connectivity index (χ4v) is 4.27. The molecule has 2 heterocycles. The quantitative estimate of drug-likeness (QED) is 0.793. The van der Waals surface area contributed by atoms with Gasteiger partial charge >= 0.3 is 0 Å². The molecule has 0 fully saturated rings. The molecule has 2 aromatic carbocycles. The van der Waals surface area contributed by atoms with E-state index in [1.165, 1.54) is 42.7 Å². The van der Waals surface area contributed by atoms with Gasteiger partial charge in [0.25, 0.3) is 0 Å². The molecule has 25 heavy (non-hydrogen) atoms. The Labute approximate surface area is 150 Å². The topological polar surface area (TPSA) is 23.6 Å². The number of nitrogens with zero attached hydrogens (tertiary/aromatic N) is 2. The molecule has 0 atom stereocenters. The second-order valence-corrected chi connectivity index (χ2v) is 7.56. The van der Waals surface area contributed by atoms with Gasteiger partial charge in [0, 0.05) is 49.7 Å². The Morgan fingerprint density at radius 1 is 1.00 bits per heavy atom. The lowest BCUT2D eigenvalue weighted by Crippen LogP contribution is -2.34. The Morgan fingerprint density at radius 2 is 1.64 bits per heavy atom. The molecule has 0 N–H and O–H groups in total. The largest absolute Gasteiger partial charge is 0.378 e. The summed E-state index contributed by atoms with van der Waals surface area (Å²) < 4.78 is 0. The van der Waals surface area contributed by atoms with Crippen LogP contribution in [0.4, 0.5) is 11.4 Å². The maximum atomic E-state index is 13.2. The van der Waals surface area contributed by atoms with Gasteiger partial charge in [0.2, 0.25) is 0 Å². The average Bonchev–Trinajstić information content (AvgIpc) is 2.61. The molecular weight excluding hydrogens is 308 g/mol. The Hall–Kier alpha value is -2.29. The summed E-state index contributed by atoms with van der Waals surface area (Å²) in [5, 5.41) is 0. The lowest BCUT2D eigenvalue weighted by molar-refractivity contribution is 0.103. The summed E-state index contributed by atoms with van der Waals surface area (Å²) in [4.78, 5) is 17.8. The Balaban J connectivity index is 1.74. The number of anilines is 2. The first-order chi connectivity index (χ1) is 12.0. The van der Waals surface area contributed by atoms with Crippen LogP contribution in [0.2, 0.25) is 0 Å². The van der Waals surface area contributed by atoms with Crippen LogP contribution in [0.1, 0.15) is 45.5 Å². The van der Waals surface area contributed by atoms with E-state index < -0.39 is 0 Å². The molecule has 0 amide bonds. The summed E-state index contributed by atoms with van der Waals surface area (Å²) in [5.41, 5.74) is 8.02. The highest BCUT2D eigenvalue weighted by molar-refractivity contribution is 6.10. The Bertz CT molecular complexity index is 807. The van der Waals surface area contributed by atoms with Crippen LogP contribution in [0.3, 0.4) is 0 Å². The van der Waals surface area contributed by atoms with E-state index in [-0.39, 0.29) is 5.78 Å².